The molecule has 2 heterocycles. The molecule has 0 spiro atoms. The van der Waals surface area contributed by atoms with Crippen LogP contribution in [0.4, 0.5) is 11.5 Å². The number of hydrogen-bond donors (Lipinski definition) is 1. The van der Waals surface area contributed by atoms with Crippen molar-refractivity contribution < 1.29 is 4.65 Å². The van der Waals surface area contributed by atoms with Crippen molar-refractivity contribution in [1.82, 2.24) is 9.97 Å². The molecule has 1 atom stereocenters. The van der Waals surface area contributed by atoms with E-state index in [9.17, 15) is 0 Å². The van der Waals surface area contributed by atoms with E-state index in [1.807, 2.05) is 7.05 Å². The average molecular weight is 340 g/mol. The minimum absolute atomic E-state index is 0.236. The molecule has 1 aromatic carbocycles. The summed E-state index contributed by atoms with van der Waals surface area (Å²) < 4.78 is 6.28. The maximum absolute atomic E-state index is 5.83. The van der Waals surface area contributed by atoms with Crippen molar-refractivity contribution in [1.29, 1.82) is 0 Å². The lowest BCUT2D eigenvalue weighted by atomic mass is 9.58. The van der Waals surface area contributed by atoms with E-state index < -0.39 is 0 Å². The predicted molar refractivity (Wildman–Crippen MR) is 102 cm³/mol. The van der Waals surface area contributed by atoms with Crippen LogP contribution in [0.1, 0.15) is 12.5 Å². The highest BCUT2D eigenvalue weighted by atomic mass is 32.1. The molecule has 1 aliphatic rings. The SMILES string of the molecule is C=Nc1c(N(C)Cc2ccc(B3CC(C)CO3)cc2)[nH]cnc1=S. The molecule has 24 heavy (non-hydrogen) atoms. The number of nitrogens with zero attached hydrogens (tertiary/aromatic N) is 3. The highest BCUT2D eigenvalue weighted by molar-refractivity contribution is 7.71. The van der Waals surface area contributed by atoms with Crippen LogP contribution in [0.15, 0.2) is 35.6 Å². The Bertz CT molecular complexity index is 777. The zero-order valence-corrected chi connectivity index (χ0v) is 14.8. The first kappa shape index (κ1) is 16.9. The van der Waals surface area contributed by atoms with Crippen LogP contribution in [0.25, 0.3) is 0 Å². The Morgan fingerprint density at radius 3 is 2.83 bits per heavy atom. The number of rotatable bonds is 5. The second-order valence-corrected chi connectivity index (χ2v) is 6.71. The summed E-state index contributed by atoms with van der Waals surface area (Å²) in [5.74, 6) is 1.46. The van der Waals surface area contributed by atoms with Crippen LogP contribution in [0, 0.1) is 10.6 Å². The van der Waals surface area contributed by atoms with E-state index in [2.05, 4.69) is 57.8 Å². The third kappa shape index (κ3) is 3.57. The van der Waals surface area contributed by atoms with Gasteiger partial charge in [-0.25, -0.2) is 4.98 Å². The first-order valence-electron chi connectivity index (χ1n) is 8.04. The Balaban J connectivity index is 1.73. The molecule has 0 aliphatic carbocycles. The van der Waals surface area contributed by atoms with E-state index >= 15 is 0 Å². The second kappa shape index (κ2) is 7.28. The van der Waals surface area contributed by atoms with Gasteiger partial charge in [0, 0.05) is 20.2 Å². The van der Waals surface area contributed by atoms with Gasteiger partial charge in [-0.1, -0.05) is 43.4 Å². The molecule has 0 radical (unpaired) electrons. The van der Waals surface area contributed by atoms with E-state index in [4.69, 9.17) is 16.9 Å². The molecule has 3 rings (SSSR count). The quantitative estimate of drug-likeness (QED) is 0.517. The van der Waals surface area contributed by atoms with Crippen molar-refractivity contribution in [3.05, 3.63) is 40.8 Å². The lowest BCUT2D eigenvalue weighted by Gasteiger charge is -2.20. The molecule has 7 heteroatoms. The van der Waals surface area contributed by atoms with E-state index in [1.165, 1.54) is 11.0 Å². The average Bonchev–Trinajstić information content (AvgIpc) is 3.01. The highest BCUT2D eigenvalue weighted by Gasteiger charge is 2.28. The van der Waals surface area contributed by atoms with Crippen molar-refractivity contribution in [2.45, 2.75) is 19.8 Å². The second-order valence-electron chi connectivity index (χ2n) is 6.32. The fourth-order valence-corrected chi connectivity index (χ4v) is 3.24. The number of nitrogens with one attached hydrogen (secondary N) is 1. The third-order valence-corrected chi connectivity index (χ3v) is 4.62. The number of H-pyrrole nitrogens is 1. The van der Waals surface area contributed by atoms with Gasteiger partial charge in [0.1, 0.15) is 11.5 Å². The van der Waals surface area contributed by atoms with Crippen molar-refractivity contribution in [3.8, 4) is 0 Å². The number of aromatic amines is 1. The number of benzene rings is 1. The largest absolute Gasteiger partial charge is 0.430 e. The molecule has 1 saturated heterocycles. The van der Waals surface area contributed by atoms with Gasteiger partial charge in [-0.2, -0.15) is 0 Å². The zero-order valence-electron chi connectivity index (χ0n) is 14.0. The van der Waals surface area contributed by atoms with Gasteiger partial charge in [0.2, 0.25) is 0 Å². The van der Waals surface area contributed by atoms with Gasteiger partial charge >= 0.3 is 6.92 Å². The van der Waals surface area contributed by atoms with Gasteiger partial charge in [0.05, 0.1) is 6.33 Å². The number of aromatic nitrogens is 2. The minimum atomic E-state index is 0.236. The summed E-state index contributed by atoms with van der Waals surface area (Å²) in [6, 6.07) is 8.62. The fraction of sp³-hybridized carbons (Fsp3) is 0.353. The molecule has 1 aliphatic heterocycles. The molecule has 0 bridgehead atoms. The van der Waals surface area contributed by atoms with Crippen LogP contribution >= 0.6 is 12.2 Å². The molecular weight excluding hydrogens is 319 g/mol. The standard InChI is InChI=1S/C17H21BN4OS/c1-12-8-18(23-10-12)14-6-4-13(5-7-14)9-22(3)16-15(19-2)17(24)21-11-20-16/h4-7,11-12H,2,8-10H2,1,3H3,(H,20,21,24). The summed E-state index contributed by atoms with van der Waals surface area (Å²) >= 11 is 5.20. The van der Waals surface area contributed by atoms with Gasteiger partial charge in [-0.15, -0.1) is 0 Å². The lowest BCUT2D eigenvalue weighted by Crippen LogP contribution is -2.29. The van der Waals surface area contributed by atoms with Gasteiger partial charge in [0.25, 0.3) is 0 Å². The monoisotopic (exact) mass is 340 g/mol. The first-order chi connectivity index (χ1) is 11.6. The van der Waals surface area contributed by atoms with Gasteiger partial charge in [0.15, 0.2) is 4.64 Å². The molecule has 5 nitrogen and oxygen atoms in total. The van der Waals surface area contributed by atoms with Crippen LogP contribution in [-0.4, -0.2) is 37.3 Å². The normalized spacial score (nSPS) is 17.1. The summed E-state index contributed by atoms with van der Waals surface area (Å²) in [5.41, 5.74) is 3.07. The summed E-state index contributed by atoms with van der Waals surface area (Å²) in [5, 5.41) is 0. The van der Waals surface area contributed by atoms with Crippen molar-refractivity contribution in [2.24, 2.45) is 10.9 Å². The van der Waals surface area contributed by atoms with Gasteiger partial charge in [-0.3, -0.25) is 4.99 Å². The van der Waals surface area contributed by atoms with Crippen molar-refractivity contribution >= 4 is 42.8 Å². The van der Waals surface area contributed by atoms with Crippen LogP contribution in [-0.2, 0) is 11.2 Å². The van der Waals surface area contributed by atoms with Crippen LogP contribution in [0.2, 0.25) is 6.32 Å². The Morgan fingerprint density at radius 2 is 2.21 bits per heavy atom. The van der Waals surface area contributed by atoms with Crippen LogP contribution in [0.3, 0.4) is 0 Å². The van der Waals surface area contributed by atoms with Gasteiger partial charge in [-0.05, 0) is 30.0 Å². The third-order valence-electron chi connectivity index (χ3n) is 4.32. The molecule has 124 valence electrons. The molecule has 1 unspecified atom stereocenters. The molecule has 0 saturated carbocycles. The molecule has 2 aromatic rings. The number of aliphatic imine (C=N–C) groups is 1. The maximum Gasteiger partial charge on any atom is 0.326 e. The Morgan fingerprint density at radius 1 is 1.46 bits per heavy atom. The molecule has 1 aromatic heterocycles. The van der Waals surface area contributed by atoms with Crippen molar-refractivity contribution in [3.63, 3.8) is 0 Å². The first-order valence-corrected chi connectivity index (χ1v) is 8.45. The number of anilines is 1. The predicted octanol–water partition coefficient (Wildman–Crippen LogP) is 2.97. The number of hydrogen-bond acceptors (Lipinski definition) is 5. The van der Waals surface area contributed by atoms with Crippen LogP contribution in [0.5, 0.6) is 0 Å². The van der Waals surface area contributed by atoms with Gasteiger partial charge < -0.3 is 14.5 Å². The summed E-state index contributed by atoms with van der Waals surface area (Å²) in [6.45, 7) is 7.64. The van der Waals surface area contributed by atoms with E-state index in [0.29, 0.717) is 16.2 Å². The topological polar surface area (TPSA) is 53.5 Å². The lowest BCUT2D eigenvalue weighted by molar-refractivity contribution is 0.327. The fourth-order valence-electron chi connectivity index (χ4n) is 3.02. The Kier molecular flexibility index (Phi) is 5.11. The zero-order chi connectivity index (χ0) is 17.1. The van der Waals surface area contributed by atoms with Crippen LogP contribution < -0.4 is 10.4 Å². The van der Waals surface area contributed by atoms with E-state index in [-0.39, 0.29) is 6.92 Å². The molecule has 1 N–H and O–H groups in total. The summed E-state index contributed by atoms with van der Waals surface area (Å²) in [6.07, 6.45) is 2.69. The molecular formula is C17H21BN4OS. The highest BCUT2D eigenvalue weighted by Crippen LogP contribution is 2.26. The smallest absolute Gasteiger partial charge is 0.326 e. The minimum Gasteiger partial charge on any atom is -0.430 e. The Labute approximate surface area is 147 Å². The summed E-state index contributed by atoms with van der Waals surface area (Å²) in [7, 11) is 1.99. The Hall–Kier alpha value is -1.99. The van der Waals surface area contributed by atoms with E-state index in [0.717, 1.165) is 25.3 Å². The molecule has 0 amide bonds. The van der Waals surface area contributed by atoms with Crippen molar-refractivity contribution in [2.75, 3.05) is 18.6 Å². The summed E-state index contributed by atoms with van der Waals surface area (Å²) in [4.78, 5) is 13.2. The maximum atomic E-state index is 5.83. The van der Waals surface area contributed by atoms with E-state index in [1.54, 1.807) is 6.33 Å². The molecule has 1 fully saturated rings.